The highest BCUT2D eigenvalue weighted by molar-refractivity contribution is 7.61. The van der Waals surface area contributed by atoms with E-state index in [1.165, 1.54) is 24.8 Å². The average molecular weight is 262 g/mol. The summed E-state index contributed by atoms with van der Waals surface area (Å²) in [5.41, 5.74) is 2.25. The normalized spacial score (nSPS) is 24.7. The molecule has 2 rings (SSSR count). The zero-order chi connectivity index (χ0) is 13.4. The zero-order valence-corrected chi connectivity index (χ0v) is 13.4. The summed E-state index contributed by atoms with van der Waals surface area (Å²) >= 11 is 0. The molecule has 0 N–H and O–H groups in total. The molecular weight excluding hydrogens is 235 g/mol. The van der Waals surface area contributed by atoms with Gasteiger partial charge in [-0.05, 0) is 28.7 Å². The van der Waals surface area contributed by atoms with Crippen molar-refractivity contribution in [2.45, 2.75) is 69.9 Å². The molecule has 100 valence electrons. The molecule has 1 saturated heterocycles. The van der Waals surface area contributed by atoms with Gasteiger partial charge in [0.25, 0.3) is 0 Å². The molecule has 1 fully saturated rings. The second-order valence-electron chi connectivity index (χ2n) is 6.94. The fraction of sp³-hybridized carbons (Fsp3) is 0.647. The highest BCUT2D eigenvalue weighted by Gasteiger charge is 2.45. The first kappa shape index (κ1) is 14.1. The quantitative estimate of drug-likeness (QED) is 0.576. The lowest BCUT2D eigenvalue weighted by molar-refractivity contribution is 0.461. The van der Waals surface area contributed by atoms with Crippen LogP contribution in [0.5, 0.6) is 0 Å². The SMILES string of the molecule is CC(c1ccccc1)P1C(C)(C)CCCC1(C)C. The van der Waals surface area contributed by atoms with Gasteiger partial charge in [0.1, 0.15) is 0 Å². The first-order valence-electron chi connectivity index (χ1n) is 7.19. The third kappa shape index (κ3) is 2.64. The van der Waals surface area contributed by atoms with Gasteiger partial charge >= 0.3 is 0 Å². The van der Waals surface area contributed by atoms with E-state index in [4.69, 9.17) is 0 Å². The molecule has 0 bridgehead atoms. The van der Waals surface area contributed by atoms with Crippen LogP contribution in [0.25, 0.3) is 0 Å². The van der Waals surface area contributed by atoms with Crippen LogP contribution in [0.3, 0.4) is 0 Å². The Morgan fingerprint density at radius 2 is 1.44 bits per heavy atom. The summed E-state index contributed by atoms with van der Waals surface area (Å²) in [6.07, 6.45) is 4.21. The first-order chi connectivity index (χ1) is 8.34. The molecular formula is C17H27P. The van der Waals surface area contributed by atoms with Crippen molar-refractivity contribution in [1.29, 1.82) is 0 Å². The van der Waals surface area contributed by atoms with Crippen LogP contribution in [-0.4, -0.2) is 10.3 Å². The molecule has 0 radical (unpaired) electrons. The lowest BCUT2D eigenvalue weighted by atomic mass is 9.98. The molecule has 1 aromatic carbocycles. The second kappa shape index (κ2) is 4.97. The Balaban J connectivity index is 2.34. The van der Waals surface area contributed by atoms with Crippen molar-refractivity contribution in [1.82, 2.24) is 0 Å². The standard InChI is InChI=1S/C17H27P/c1-14(15-10-7-6-8-11-15)18-16(2,3)12-9-13-17(18,4)5/h6-8,10-11,14H,9,12-13H2,1-5H3. The second-order valence-corrected chi connectivity index (χ2v) is 10.9. The van der Waals surface area contributed by atoms with Gasteiger partial charge in [-0.25, -0.2) is 0 Å². The minimum atomic E-state index is 0.00424. The molecule has 0 saturated carbocycles. The van der Waals surface area contributed by atoms with E-state index in [9.17, 15) is 0 Å². The Morgan fingerprint density at radius 3 is 1.94 bits per heavy atom. The van der Waals surface area contributed by atoms with Crippen LogP contribution in [0.1, 0.15) is 65.1 Å². The minimum Gasteiger partial charge on any atom is -0.0877 e. The Hall–Kier alpha value is -0.350. The first-order valence-corrected chi connectivity index (χ1v) is 8.60. The Kier molecular flexibility index (Phi) is 3.88. The van der Waals surface area contributed by atoms with Crippen molar-refractivity contribution in [2.24, 2.45) is 0 Å². The Bertz CT molecular complexity index is 375. The van der Waals surface area contributed by atoms with Gasteiger partial charge in [0.15, 0.2) is 0 Å². The van der Waals surface area contributed by atoms with Crippen LogP contribution in [-0.2, 0) is 0 Å². The molecule has 1 aliphatic rings. The lowest BCUT2D eigenvalue weighted by Crippen LogP contribution is -2.36. The molecule has 0 nitrogen and oxygen atoms in total. The Labute approximate surface area is 114 Å². The molecule has 1 atom stereocenters. The summed E-state index contributed by atoms with van der Waals surface area (Å²) in [6.45, 7) is 12.5. The van der Waals surface area contributed by atoms with Crippen LogP contribution in [0.15, 0.2) is 30.3 Å². The highest BCUT2D eigenvalue weighted by Crippen LogP contribution is 2.72. The molecule has 1 aliphatic heterocycles. The summed E-state index contributed by atoms with van der Waals surface area (Å²) in [7, 11) is 0.00424. The van der Waals surface area contributed by atoms with Crippen LogP contribution in [0.2, 0.25) is 0 Å². The van der Waals surface area contributed by atoms with Gasteiger partial charge in [0, 0.05) is 5.66 Å². The van der Waals surface area contributed by atoms with E-state index >= 15 is 0 Å². The summed E-state index contributed by atoms with van der Waals surface area (Å²) in [5, 5.41) is 1.04. The summed E-state index contributed by atoms with van der Waals surface area (Å²) in [5.74, 6) is 0. The number of benzene rings is 1. The van der Waals surface area contributed by atoms with Gasteiger partial charge in [-0.3, -0.25) is 0 Å². The predicted molar refractivity (Wildman–Crippen MR) is 83.8 cm³/mol. The van der Waals surface area contributed by atoms with Crippen molar-refractivity contribution in [2.75, 3.05) is 0 Å². The maximum absolute atomic E-state index is 2.50. The fourth-order valence-corrected chi connectivity index (χ4v) is 8.95. The monoisotopic (exact) mass is 262 g/mol. The van der Waals surface area contributed by atoms with Crippen molar-refractivity contribution in [3.8, 4) is 0 Å². The van der Waals surface area contributed by atoms with Crippen molar-refractivity contribution in [3.05, 3.63) is 35.9 Å². The van der Waals surface area contributed by atoms with E-state index < -0.39 is 0 Å². The minimum absolute atomic E-state index is 0.00424. The van der Waals surface area contributed by atoms with Gasteiger partial charge in [-0.1, -0.05) is 79.3 Å². The smallest absolute Gasteiger partial charge is 0.00230 e. The largest absolute Gasteiger partial charge is 0.0877 e. The fourth-order valence-electron chi connectivity index (χ4n) is 3.94. The van der Waals surface area contributed by atoms with Crippen LogP contribution in [0.4, 0.5) is 0 Å². The molecule has 0 amide bonds. The van der Waals surface area contributed by atoms with Crippen LogP contribution < -0.4 is 0 Å². The number of hydrogen-bond acceptors (Lipinski definition) is 0. The topological polar surface area (TPSA) is 0 Å². The van der Waals surface area contributed by atoms with Crippen LogP contribution >= 0.6 is 7.92 Å². The third-order valence-electron chi connectivity index (χ3n) is 4.55. The summed E-state index contributed by atoms with van der Waals surface area (Å²) in [6, 6.07) is 11.1. The van der Waals surface area contributed by atoms with Gasteiger partial charge in [-0.2, -0.15) is 0 Å². The molecule has 0 spiro atoms. The van der Waals surface area contributed by atoms with Crippen molar-refractivity contribution < 1.29 is 0 Å². The average Bonchev–Trinajstić information content (AvgIpc) is 2.27. The maximum atomic E-state index is 2.50. The highest BCUT2D eigenvalue weighted by atomic mass is 31.1. The third-order valence-corrected chi connectivity index (χ3v) is 8.68. The molecule has 1 heterocycles. The van der Waals surface area contributed by atoms with E-state index in [1.54, 1.807) is 0 Å². The van der Waals surface area contributed by atoms with Gasteiger partial charge in [-0.15, -0.1) is 0 Å². The number of rotatable bonds is 2. The van der Waals surface area contributed by atoms with Crippen LogP contribution in [0, 0.1) is 0 Å². The van der Waals surface area contributed by atoms with Crippen molar-refractivity contribution >= 4 is 7.92 Å². The summed E-state index contributed by atoms with van der Waals surface area (Å²) < 4.78 is 0. The number of hydrogen-bond donors (Lipinski definition) is 0. The van der Waals surface area contributed by atoms with Gasteiger partial charge in [0.05, 0.1) is 0 Å². The molecule has 1 aromatic rings. The molecule has 0 aliphatic carbocycles. The van der Waals surface area contributed by atoms with E-state index in [-0.39, 0.29) is 7.92 Å². The predicted octanol–water partition coefficient (Wildman–Crippen LogP) is 5.97. The summed E-state index contributed by atoms with van der Waals surface area (Å²) in [4.78, 5) is 0. The molecule has 1 heteroatoms. The van der Waals surface area contributed by atoms with E-state index in [0.717, 1.165) is 0 Å². The maximum Gasteiger partial charge on any atom is 0.00230 e. The molecule has 18 heavy (non-hydrogen) atoms. The molecule has 0 aromatic heterocycles. The molecule has 1 unspecified atom stereocenters. The van der Waals surface area contributed by atoms with E-state index in [0.29, 0.717) is 16.0 Å². The van der Waals surface area contributed by atoms with Gasteiger partial charge in [0.2, 0.25) is 0 Å². The lowest BCUT2D eigenvalue weighted by Gasteiger charge is -2.52. The Morgan fingerprint density at radius 1 is 0.944 bits per heavy atom. The van der Waals surface area contributed by atoms with E-state index in [1.807, 2.05) is 0 Å². The zero-order valence-electron chi connectivity index (χ0n) is 12.5. The van der Waals surface area contributed by atoms with E-state index in [2.05, 4.69) is 65.0 Å². The van der Waals surface area contributed by atoms with Crippen molar-refractivity contribution in [3.63, 3.8) is 0 Å². The van der Waals surface area contributed by atoms with Gasteiger partial charge < -0.3 is 0 Å².